The molecule has 0 radical (unpaired) electrons. The summed E-state index contributed by atoms with van der Waals surface area (Å²) in [5.74, 6) is 0.912. The SMILES string of the molecule is N[C@@H]1CCc2ccc(OCc3ccccc3)cc21. The number of rotatable bonds is 3. The Labute approximate surface area is 107 Å². The molecule has 1 aliphatic carbocycles. The maximum Gasteiger partial charge on any atom is 0.120 e. The van der Waals surface area contributed by atoms with Crippen LogP contribution in [0.5, 0.6) is 5.75 Å². The quantitative estimate of drug-likeness (QED) is 0.892. The van der Waals surface area contributed by atoms with Gasteiger partial charge >= 0.3 is 0 Å². The molecule has 0 fully saturated rings. The number of ether oxygens (including phenoxy) is 1. The first-order valence-electron chi connectivity index (χ1n) is 6.38. The van der Waals surface area contributed by atoms with Gasteiger partial charge in [0.05, 0.1) is 0 Å². The summed E-state index contributed by atoms with van der Waals surface area (Å²) in [4.78, 5) is 0. The zero-order chi connectivity index (χ0) is 12.4. The molecule has 2 heteroatoms. The average Bonchev–Trinajstić information content (AvgIpc) is 2.79. The molecule has 3 rings (SSSR count). The van der Waals surface area contributed by atoms with Crippen molar-refractivity contribution in [1.82, 2.24) is 0 Å². The summed E-state index contributed by atoms with van der Waals surface area (Å²) in [5.41, 5.74) is 9.87. The Bertz CT molecular complexity index is 536. The minimum atomic E-state index is 0.181. The van der Waals surface area contributed by atoms with Gasteiger partial charge in [0.25, 0.3) is 0 Å². The zero-order valence-electron chi connectivity index (χ0n) is 10.3. The fourth-order valence-corrected chi connectivity index (χ4v) is 2.44. The van der Waals surface area contributed by atoms with Crippen molar-refractivity contribution >= 4 is 0 Å². The van der Waals surface area contributed by atoms with Crippen LogP contribution in [0.25, 0.3) is 0 Å². The minimum Gasteiger partial charge on any atom is -0.489 e. The van der Waals surface area contributed by atoms with E-state index in [1.807, 2.05) is 24.3 Å². The van der Waals surface area contributed by atoms with Crippen molar-refractivity contribution in [2.75, 3.05) is 0 Å². The molecule has 0 aromatic heterocycles. The number of fused-ring (bicyclic) bond motifs is 1. The second kappa shape index (κ2) is 4.83. The van der Waals surface area contributed by atoms with Gasteiger partial charge in [0, 0.05) is 6.04 Å². The monoisotopic (exact) mass is 239 g/mol. The highest BCUT2D eigenvalue weighted by Crippen LogP contribution is 2.32. The highest BCUT2D eigenvalue weighted by molar-refractivity contribution is 5.40. The van der Waals surface area contributed by atoms with Crippen LogP contribution < -0.4 is 10.5 Å². The topological polar surface area (TPSA) is 35.2 Å². The molecule has 0 saturated heterocycles. The largest absolute Gasteiger partial charge is 0.489 e. The summed E-state index contributed by atoms with van der Waals surface area (Å²) in [6.45, 7) is 0.606. The van der Waals surface area contributed by atoms with Crippen molar-refractivity contribution in [2.45, 2.75) is 25.5 Å². The van der Waals surface area contributed by atoms with E-state index in [0.29, 0.717) is 6.61 Å². The molecule has 2 nitrogen and oxygen atoms in total. The van der Waals surface area contributed by atoms with E-state index >= 15 is 0 Å². The van der Waals surface area contributed by atoms with Crippen LogP contribution in [0.1, 0.15) is 29.2 Å². The third-order valence-corrected chi connectivity index (χ3v) is 3.49. The summed E-state index contributed by atoms with van der Waals surface area (Å²) in [6.07, 6.45) is 2.15. The lowest BCUT2D eigenvalue weighted by atomic mass is 10.1. The number of nitrogens with two attached hydrogens (primary N) is 1. The predicted octanol–water partition coefficient (Wildman–Crippen LogP) is 3.21. The maximum atomic E-state index is 6.07. The molecule has 0 bridgehead atoms. The van der Waals surface area contributed by atoms with E-state index in [4.69, 9.17) is 10.5 Å². The summed E-state index contributed by atoms with van der Waals surface area (Å²) in [5, 5.41) is 0. The van der Waals surface area contributed by atoms with Crippen molar-refractivity contribution in [1.29, 1.82) is 0 Å². The maximum absolute atomic E-state index is 6.07. The summed E-state index contributed by atoms with van der Waals surface area (Å²) in [6, 6.07) is 16.7. The Balaban J connectivity index is 1.72. The van der Waals surface area contributed by atoms with Gasteiger partial charge in [-0.25, -0.2) is 0 Å². The normalized spacial score (nSPS) is 17.5. The molecule has 92 valence electrons. The van der Waals surface area contributed by atoms with Gasteiger partial charge in [0.15, 0.2) is 0 Å². The van der Waals surface area contributed by atoms with Crippen LogP contribution >= 0.6 is 0 Å². The first kappa shape index (κ1) is 11.3. The van der Waals surface area contributed by atoms with Gasteiger partial charge in [-0.2, -0.15) is 0 Å². The van der Waals surface area contributed by atoms with Crippen LogP contribution in [0.3, 0.4) is 0 Å². The molecular formula is C16H17NO. The first-order valence-corrected chi connectivity index (χ1v) is 6.38. The summed E-state index contributed by atoms with van der Waals surface area (Å²) < 4.78 is 5.81. The van der Waals surface area contributed by atoms with Gasteiger partial charge < -0.3 is 10.5 Å². The van der Waals surface area contributed by atoms with Crippen LogP contribution in [0, 0.1) is 0 Å². The van der Waals surface area contributed by atoms with E-state index in [0.717, 1.165) is 18.6 Å². The highest BCUT2D eigenvalue weighted by Gasteiger charge is 2.19. The molecule has 0 saturated carbocycles. The molecule has 0 unspecified atom stereocenters. The second-order valence-electron chi connectivity index (χ2n) is 4.78. The van der Waals surface area contributed by atoms with E-state index in [-0.39, 0.29) is 6.04 Å². The molecule has 2 N–H and O–H groups in total. The standard InChI is InChI=1S/C16H17NO/c17-16-9-7-13-6-8-14(10-15(13)16)18-11-12-4-2-1-3-5-12/h1-6,8,10,16H,7,9,11,17H2/t16-/m1/s1. The molecule has 0 aliphatic heterocycles. The Kier molecular flexibility index (Phi) is 3.03. The van der Waals surface area contributed by atoms with Gasteiger partial charge in [-0.3, -0.25) is 0 Å². The fraction of sp³-hybridized carbons (Fsp3) is 0.250. The Morgan fingerprint density at radius 1 is 1.11 bits per heavy atom. The lowest BCUT2D eigenvalue weighted by molar-refractivity contribution is 0.306. The molecule has 1 atom stereocenters. The highest BCUT2D eigenvalue weighted by atomic mass is 16.5. The lowest BCUT2D eigenvalue weighted by Gasteiger charge is -2.10. The van der Waals surface area contributed by atoms with Crippen LogP contribution in [0.2, 0.25) is 0 Å². The number of hydrogen-bond donors (Lipinski definition) is 1. The van der Waals surface area contributed by atoms with Gasteiger partial charge in [-0.15, -0.1) is 0 Å². The van der Waals surface area contributed by atoms with E-state index < -0.39 is 0 Å². The smallest absolute Gasteiger partial charge is 0.120 e. The molecule has 0 amide bonds. The zero-order valence-corrected chi connectivity index (χ0v) is 10.3. The van der Waals surface area contributed by atoms with E-state index in [2.05, 4.69) is 24.3 Å². The first-order chi connectivity index (χ1) is 8.83. The number of aryl methyl sites for hydroxylation is 1. The van der Waals surface area contributed by atoms with Gasteiger partial charge in [0.2, 0.25) is 0 Å². The number of hydrogen-bond acceptors (Lipinski definition) is 2. The van der Waals surface area contributed by atoms with E-state index in [9.17, 15) is 0 Å². The molecule has 2 aromatic carbocycles. The van der Waals surface area contributed by atoms with Crippen molar-refractivity contribution in [3.05, 3.63) is 65.2 Å². The molecule has 0 spiro atoms. The third-order valence-electron chi connectivity index (χ3n) is 3.49. The Morgan fingerprint density at radius 3 is 2.78 bits per heavy atom. The predicted molar refractivity (Wildman–Crippen MR) is 72.5 cm³/mol. The summed E-state index contributed by atoms with van der Waals surface area (Å²) in [7, 11) is 0. The van der Waals surface area contributed by atoms with Crippen molar-refractivity contribution in [2.24, 2.45) is 5.73 Å². The second-order valence-corrected chi connectivity index (χ2v) is 4.78. The Morgan fingerprint density at radius 2 is 1.94 bits per heavy atom. The summed E-state index contributed by atoms with van der Waals surface area (Å²) >= 11 is 0. The third kappa shape index (κ3) is 2.24. The van der Waals surface area contributed by atoms with Gasteiger partial charge in [-0.05, 0) is 41.7 Å². The van der Waals surface area contributed by atoms with Crippen LogP contribution in [0.4, 0.5) is 0 Å². The van der Waals surface area contributed by atoms with Crippen LogP contribution in [-0.4, -0.2) is 0 Å². The molecule has 2 aromatic rings. The van der Waals surface area contributed by atoms with Crippen LogP contribution in [-0.2, 0) is 13.0 Å². The van der Waals surface area contributed by atoms with Crippen molar-refractivity contribution < 1.29 is 4.74 Å². The molecule has 0 heterocycles. The van der Waals surface area contributed by atoms with Gasteiger partial charge in [0.1, 0.15) is 12.4 Å². The minimum absolute atomic E-state index is 0.181. The Hall–Kier alpha value is -1.80. The van der Waals surface area contributed by atoms with Crippen LogP contribution in [0.15, 0.2) is 48.5 Å². The number of benzene rings is 2. The van der Waals surface area contributed by atoms with Crippen molar-refractivity contribution in [3.63, 3.8) is 0 Å². The van der Waals surface area contributed by atoms with Gasteiger partial charge in [-0.1, -0.05) is 36.4 Å². The lowest BCUT2D eigenvalue weighted by Crippen LogP contribution is -2.05. The van der Waals surface area contributed by atoms with Crippen molar-refractivity contribution in [3.8, 4) is 5.75 Å². The van der Waals surface area contributed by atoms with E-state index in [1.54, 1.807) is 0 Å². The van der Waals surface area contributed by atoms with E-state index in [1.165, 1.54) is 16.7 Å². The average molecular weight is 239 g/mol. The molecule has 1 aliphatic rings. The molecular weight excluding hydrogens is 222 g/mol. The fourth-order valence-electron chi connectivity index (χ4n) is 2.44. The molecule has 18 heavy (non-hydrogen) atoms.